The van der Waals surface area contributed by atoms with E-state index >= 15 is 4.39 Å². The van der Waals surface area contributed by atoms with Crippen LogP contribution in [0.15, 0.2) is 107 Å². The molecule has 1 aliphatic rings. The molecule has 0 saturated carbocycles. The van der Waals surface area contributed by atoms with Crippen LogP contribution in [0.25, 0.3) is 0 Å². The third kappa shape index (κ3) is 4.43. The number of nitrogens with zero attached hydrogens (tertiary/aromatic N) is 1. The monoisotopic (exact) mass is 489 g/mol. The zero-order valence-corrected chi connectivity index (χ0v) is 19.3. The Morgan fingerprint density at radius 3 is 2.00 bits per heavy atom. The zero-order valence-electron chi connectivity index (χ0n) is 22.3. The molecule has 6 nitrogen and oxygen atoms in total. The molecule has 184 valence electrons. The maximum Gasteiger partial charge on any atom is 0.330 e. The minimum Gasteiger partial charge on any atom is -0.358 e. The Bertz CT molecular complexity index is 1430. The summed E-state index contributed by atoms with van der Waals surface area (Å²) in [7, 11) is 0. The molecule has 4 aromatic rings. The number of H-pyrrole nitrogens is 1. The van der Waals surface area contributed by atoms with Crippen molar-refractivity contribution in [2.45, 2.75) is 37.4 Å². The first-order valence-electron chi connectivity index (χ1n) is 13.2. The van der Waals surface area contributed by atoms with Crippen LogP contribution in [-0.4, -0.2) is 28.4 Å². The van der Waals surface area contributed by atoms with Gasteiger partial charge in [0, 0.05) is 22.3 Å². The van der Waals surface area contributed by atoms with Gasteiger partial charge in [0.25, 0.3) is 5.56 Å². The van der Waals surface area contributed by atoms with Crippen molar-refractivity contribution in [3.8, 4) is 0 Å². The number of aryl methyl sites for hydroxylation is 1. The van der Waals surface area contributed by atoms with Crippen LogP contribution in [0.1, 0.15) is 39.0 Å². The summed E-state index contributed by atoms with van der Waals surface area (Å²) in [5.74, 6) is 0. The summed E-state index contributed by atoms with van der Waals surface area (Å²) in [6.07, 6.45) is -2.96. The van der Waals surface area contributed by atoms with Crippen LogP contribution in [0.5, 0.6) is 0 Å². The van der Waals surface area contributed by atoms with Gasteiger partial charge in [-0.25, -0.2) is 9.18 Å². The topological polar surface area (TPSA) is 73.3 Å². The van der Waals surface area contributed by atoms with Crippen molar-refractivity contribution in [2.24, 2.45) is 0 Å². The van der Waals surface area contributed by atoms with Gasteiger partial charge >= 0.3 is 5.69 Å². The van der Waals surface area contributed by atoms with Crippen molar-refractivity contribution >= 4 is 0 Å². The lowest BCUT2D eigenvalue weighted by molar-refractivity contribution is -0.0868. The van der Waals surface area contributed by atoms with E-state index in [4.69, 9.17) is 13.6 Å². The number of benzene rings is 3. The van der Waals surface area contributed by atoms with E-state index in [1.165, 1.54) is 0 Å². The minimum absolute atomic E-state index is 0.166. The molecule has 0 spiro atoms. The summed E-state index contributed by atoms with van der Waals surface area (Å²) in [5.41, 5.74) is -1.03. The largest absolute Gasteiger partial charge is 0.358 e. The molecule has 0 bridgehead atoms. The summed E-state index contributed by atoms with van der Waals surface area (Å²) in [4.78, 5) is 26.5. The van der Waals surface area contributed by atoms with Gasteiger partial charge in [-0.1, -0.05) is 91.0 Å². The van der Waals surface area contributed by atoms with E-state index in [1.807, 2.05) is 96.0 Å². The number of ether oxygens (including phenoxy) is 2. The number of alkyl halides is 1. The standard InChI is InChI=1S/C29H27FN2O4/c1-20-18-32(28(34)31-27(20)33)26-17-24(30)25(36-26)19-35-29(21-11-5-2-6-12-21,22-13-7-3-8-14-22)23-15-9-4-10-16-23/h2-16,18,24-26H,17,19H2,1H3,(H,31,33,34)/i1D3. The van der Waals surface area contributed by atoms with E-state index in [1.54, 1.807) is 0 Å². The van der Waals surface area contributed by atoms with Crippen LogP contribution in [-0.2, 0) is 15.1 Å². The fraction of sp³-hybridized carbons (Fsp3) is 0.241. The minimum atomic E-state index is -2.75. The summed E-state index contributed by atoms with van der Waals surface area (Å²) in [6.45, 7) is -2.92. The Labute approximate surface area is 212 Å². The van der Waals surface area contributed by atoms with E-state index in [9.17, 15) is 9.59 Å². The Morgan fingerprint density at radius 2 is 1.50 bits per heavy atom. The van der Waals surface area contributed by atoms with Gasteiger partial charge in [-0.05, 0) is 23.5 Å². The van der Waals surface area contributed by atoms with Crippen LogP contribution < -0.4 is 11.2 Å². The van der Waals surface area contributed by atoms with Gasteiger partial charge in [0.05, 0.1) is 6.61 Å². The second-order valence-electron chi connectivity index (χ2n) is 8.68. The van der Waals surface area contributed by atoms with Gasteiger partial charge in [0.2, 0.25) is 0 Å². The molecule has 1 N–H and O–H groups in total. The zero-order chi connectivity index (χ0) is 27.6. The molecule has 0 aliphatic carbocycles. The maximum atomic E-state index is 15.3. The van der Waals surface area contributed by atoms with E-state index < -0.39 is 47.8 Å². The molecule has 1 saturated heterocycles. The van der Waals surface area contributed by atoms with Gasteiger partial charge in [-0.3, -0.25) is 14.3 Å². The van der Waals surface area contributed by atoms with Crippen LogP contribution in [0.3, 0.4) is 0 Å². The quantitative estimate of drug-likeness (QED) is 0.389. The number of aromatic amines is 1. The Kier molecular flexibility index (Phi) is 5.69. The molecular weight excluding hydrogens is 459 g/mol. The molecular formula is C29H27FN2O4. The molecule has 2 heterocycles. The summed E-state index contributed by atoms with van der Waals surface area (Å²) >= 11 is 0. The summed E-state index contributed by atoms with van der Waals surface area (Å²) in [6, 6.07) is 28.8. The molecule has 3 unspecified atom stereocenters. The Balaban J connectivity index is 1.49. The lowest BCUT2D eigenvalue weighted by atomic mass is 9.80. The van der Waals surface area contributed by atoms with Gasteiger partial charge < -0.3 is 9.47 Å². The van der Waals surface area contributed by atoms with E-state index in [0.29, 0.717) is 0 Å². The van der Waals surface area contributed by atoms with Crippen LogP contribution >= 0.6 is 0 Å². The highest BCUT2D eigenvalue weighted by Gasteiger charge is 2.42. The van der Waals surface area contributed by atoms with Crippen molar-refractivity contribution in [1.29, 1.82) is 0 Å². The molecule has 0 amide bonds. The number of nitrogens with one attached hydrogen (secondary N) is 1. The average Bonchev–Trinajstić information content (AvgIpc) is 3.30. The molecule has 1 fully saturated rings. The second kappa shape index (κ2) is 10.0. The average molecular weight is 490 g/mol. The summed E-state index contributed by atoms with van der Waals surface area (Å²) < 4.78 is 51.6. The smallest absolute Gasteiger partial charge is 0.330 e. The lowest BCUT2D eigenvalue weighted by Crippen LogP contribution is -2.37. The van der Waals surface area contributed by atoms with Gasteiger partial charge in [0.1, 0.15) is 24.1 Å². The van der Waals surface area contributed by atoms with Gasteiger partial charge in [-0.2, -0.15) is 0 Å². The third-order valence-electron chi connectivity index (χ3n) is 6.45. The first-order chi connectivity index (χ1) is 18.7. The van der Waals surface area contributed by atoms with Crippen LogP contribution in [0.4, 0.5) is 4.39 Å². The Morgan fingerprint density at radius 1 is 0.972 bits per heavy atom. The second-order valence-corrected chi connectivity index (χ2v) is 8.68. The first kappa shape index (κ1) is 20.4. The number of hydrogen-bond donors (Lipinski definition) is 1. The summed E-state index contributed by atoms with van der Waals surface area (Å²) in [5, 5.41) is 0. The number of rotatable bonds is 7. The van der Waals surface area contributed by atoms with Gasteiger partial charge in [-0.15, -0.1) is 0 Å². The molecule has 1 aliphatic heterocycles. The molecule has 3 atom stereocenters. The van der Waals surface area contributed by atoms with Crippen molar-refractivity contribution < 1.29 is 18.0 Å². The van der Waals surface area contributed by atoms with E-state index in [2.05, 4.69) is 0 Å². The SMILES string of the molecule is [2H]C([2H])([2H])c1cn(C2CC(F)C(COC(c3ccccc3)(c3ccccc3)c3ccccc3)O2)c(=O)[nH]c1=O. The van der Waals surface area contributed by atoms with Crippen molar-refractivity contribution in [2.75, 3.05) is 6.61 Å². The normalized spacial score (nSPS) is 21.5. The highest BCUT2D eigenvalue weighted by Crippen LogP contribution is 2.41. The fourth-order valence-corrected chi connectivity index (χ4v) is 4.68. The molecule has 0 radical (unpaired) electrons. The molecule has 3 aromatic carbocycles. The Hall–Kier alpha value is -3.81. The first-order valence-corrected chi connectivity index (χ1v) is 11.7. The molecule has 7 heteroatoms. The predicted octanol–water partition coefficient (Wildman–Crippen LogP) is 4.48. The van der Waals surface area contributed by atoms with Crippen LogP contribution in [0, 0.1) is 6.85 Å². The number of halogens is 1. The van der Waals surface area contributed by atoms with Crippen molar-refractivity contribution in [1.82, 2.24) is 9.55 Å². The molecule has 36 heavy (non-hydrogen) atoms. The van der Waals surface area contributed by atoms with Crippen molar-refractivity contribution in [3.63, 3.8) is 0 Å². The molecule has 1 aromatic heterocycles. The van der Waals surface area contributed by atoms with Crippen LogP contribution in [0.2, 0.25) is 0 Å². The number of aromatic nitrogens is 2. The maximum absolute atomic E-state index is 15.3. The highest BCUT2D eigenvalue weighted by atomic mass is 19.1. The highest BCUT2D eigenvalue weighted by molar-refractivity contribution is 5.47. The lowest BCUT2D eigenvalue weighted by Gasteiger charge is -2.36. The van der Waals surface area contributed by atoms with E-state index in [0.717, 1.165) is 27.5 Å². The molecule has 5 rings (SSSR count). The van der Waals surface area contributed by atoms with E-state index in [-0.39, 0.29) is 13.0 Å². The predicted molar refractivity (Wildman–Crippen MR) is 135 cm³/mol. The third-order valence-corrected chi connectivity index (χ3v) is 6.45. The number of hydrogen-bond acceptors (Lipinski definition) is 4. The van der Waals surface area contributed by atoms with Crippen molar-refractivity contribution in [3.05, 3.63) is 140 Å². The van der Waals surface area contributed by atoms with Gasteiger partial charge in [0.15, 0.2) is 0 Å². The fourth-order valence-electron chi connectivity index (χ4n) is 4.68.